The highest BCUT2D eigenvalue weighted by Crippen LogP contribution is 2.51. The van der Waals surface area contributed by atoms with Gasteiger partial charge in [0, 0.05) is 56.4 Å². The van der Waals surface area contributed by atoms with Crippen molar-refractivity contribution in [3.8, 4) is 72.4 Å². The fraction of sp³-hybridized carbons (Fsp3) is 0. The predicted octanol–water partition coefficient (Wildman–Crippen LogP) is 13.7. The molecule has 8 aromatic rings. The third-order valence-electron chi connectivity index (χ3n) is 7.21. The molecule has 0 saturated heterocycles. The van der Waals surface area contributed by atoms with Crippen LogP contribution in [0.5, 0.6) is 0 Å². The molecule has 202 valence electrons. The van der Waals surface area contributed by atoms with E-state index in [0.717, 1.165) is 0 Å². The summed E-state index contributed by atoms with van der Waals surface area (Å²) in [7, 11) is 0. The molecule has 0 spiro atoms. The van der Waals surface area contributed by atoms with Gasteiger partial charge >= 0.3 is 0 Å². The van der Waals surface area contributed by atoms with E-state index in [9.17, 15) is 0 Å². The van der Waals surface area contributed by atoms with Crippen LogP contribution in [-0.2, 0) is 0 Å². The second-order valence-electron chi connectivity index (χ2n) is 9.71. The average molecular weight is 647 g/mol. The molecule has 0 radical (unpaired) electrons. The largest absolute Gasteiger partial charge is 0.143 e. The van der Waals surface area contributed by atoms with Gasteiger partial charge in [-0.1, -0.05) is 60.7 Å². The van der Waals surface area contributed by atoms with Crippen molar-refractivity contribution in [2.24, 2.45) is 0 Å². The third kappa shape index (κ3) is 4.78. The fourth-order valence-corrected chi connectivity index (χ4v) is 11.4. The van der Waals surface area contributed by atoms with E-state index < -0.39 is 0 Å². The summed E-state index contributed by atoms with van der Waals surface area (Å²) < 4.78 is 0. The molecule has 6 heterocycles. The van der Waals surface area contributed by atoms with Crippen molar-refractivity contribution in [1.29, 1.82) is 0 Å². The number of hydrogen-bond acceptors (Lipinski definition) is 6. The highest BCUT2D eigenvalue weighted by atomic mass is 32.1. The zero-order chi connectivity index (χ0) is 27.9. The Morgan fingerprint density at radius 3 is 1.21 bits per heavy atom. The predicted molar refractivity (Wildman–Crippen MR) is 192 cm³/mol. The molecule has 2 aromatic carbocycles. The van der Waals surface area contributed by atoms with Gasteiger partial charge in [0.05, 0.1) is 4.88 Å². The van der Waals surface area contributed by atoms with Gasteiger partial charge in [-0.3, -0.25) is 0 Å². The van der Waals surface area contributed by atoms with Crippen LogP contribution in [0.3, 0.4) is 0 Å². The molecule has 0 saturated carbocycles. The van der Waals surface area contributed by atoms with E-state index >= 15 is 0 Å². The first-order valence-corrected chi connectivity index (χ1v) is 18.6. The molecular formula is C36H22S6. The normalized spacial score (nSPS) is 11.3. The highest BCUT2D eigenvalue weighted by molar-refractivity contribution is 7.24. The van der Waals surface area contributed by atoms with Gasteiger partial charge in [0.1, 0.15) is 0 Å². The number of rotatable bonds is 7. The van der Waals surface area contributed by atoms with Crippen LogP contribution in [0.1, 0.15) is 0 Å². The summed E-state index contributed by atoms with van der Waals surface area (Å²) in [6.07, 6.45) is 0. The monoisotopic (exact) mass is 646 g/mol. The second-order valence-corrected chi connectivity index (χ2v) is 15.5. The molecule has 0 N–H and O–H groups in total. The van der Waals surface area contributed by atoms with Crippen molar-refractivity contribution in [3.63, 3.8) is 0 Å². The van der Waals surface area contributed by atoms with Crippen LogP contribution in [0.2, 0.25) is 0 Å². The zero-order valence-electron chi connectivity index (χ0n) is 22.2. The minimum Gasteiger partial charge on any atom is -0.143 e. The third-order valence-corrected chi connectivity index (χ3v) is 13.5. The standard InChI is InChI=1S/C36H22S6/c1-3-7-23(8-4-1)29-11-13-31(41-29)25-15-19-37-33(25)26-16-20-38-34(26)27-17-21-39-35(27)28-18-22-40-36(28)32-14-12-30(42-32)24-9-5-2-6-10-24/h1-22H. The Balaban J connectivity index is 1.16. The molecular weight excluding hydrogens is 625 g/mol. The Morgan fingerprint density at radius 2 is 0.667 bits per heavy atom. The van der Waals surface area contributed by atoms with E-state index in [-0.39, 0.29) is 0 Å². The van der Waals surface area contributed by atoms with Gasteiger partial charge in [0.2, 0.25) is 0 Å². The molecule has 42 heavy (non-hydrogen) atoms. The Morgan fingerprint density at radius 1 is 0.286 bits per heavy atom. The summed E-state index contributed by atoms with van der Waals surface area (Å²) >= 11 is 11.1. The van der Waals surface area contributed by atoms with Crippen LogP contribution in [-0.4, -0.2) is 0 Å². The summed E-state index contributed by atoms with van der Waals surface area (Å²) in [5.41, 5.74) is 7.88. The minimum absolute atomic E-state index is 1.28. The number of hydrogen-bond donors (Lipinski definition) is 0. The second kappa shape index (κ2) is 11.4. The van der Waals surface area contributed by atoms with Crippen molar-refractivity contribution in [3.05, 3.63) is 131 Å². The molecule has 6 heteroatoms. The molecule has 0 nitrogen and oxygen atoms in total. The van der Waals surface area contributed by atoms with Crippen LogP contribution >= 0.6 is 68.0 Å². The lowest BCUT2D eigenvalue weighted by Crippen LogP contribution is -1.80. The van der Waals surface area contributed by atoms with Crippen LogP contribution < -0.4 is 0 Å². The van der Waals surface area contributed by atoms with Gasteiger partial charge < -0.3 is 0 Å². The van der Waals surface area contributed by atoms with E-state index in [2.05, 4.69) is 131 Å². The first-order chi connectivity index (χ1) is 20.8. The van der Waals surface area contributed by atoms with Gasteiger partial charge in [-0.05, 0) is 81.2 Å². The topological polar surface area (TPSA) is 0 Å². The first-order valence-electron chi connectivity index (χ1n) is 13.5. The SMILES string of the molecule is c1ccc(-c2ccc(-c3ccsc3-c3ccsc3-c3ccsc3-c3ccsc3-c3ccc(-c4ccccc4)s3)s2)cc1. The number of benzene rings is 2. The fourth-order valence-electron chi connectivity index (χ4n) is 5.24. The first kappa shape index (κ1) is 26.3. The molecule has 0 amide bonds. The summed E-state index contributed by atoms with van der Waals surface area (Å²) in [5, 5.41) is 8.98. The lowest BCUT2D eigenvalue weighted by molar-refractivity contribution is 1.70. The van der Waals surface area contributed by atoms with Crippen molar-refractivity contribution < 1.29 is 0 Å². The number of thiophene rings is 6. The minimum atomic E-state index is 1.28. The molecule has 0 atom stereocenters. The van der Waals surface area contributed by atoms with E-state index in [1.165, 1.54) is 72.4 Å². The van der Waals surface area contributed by atoms with E-state index in [1.807, 2.05) is 68.0 Å². The van der Waals surface area contributed by atoms with Crippen molar-refractivity contribution >= 4 is 68.0 Å². The molecule has 0 aliphatic heterocycles. The van der Waals surface area contributed by atoms with Crippen LogP contribution in [0.4, 0.5) is 0 Å². The van der Waals surface area contributed by atoms with Gasteiger partial charge in [-0.15, -0.1) is 68.0 Å². The molecule has 0 aliphatic carbocycles. The molecule has 0 fully saturated rings. The quantitative estimate of drug-likeness (QED) is 0.162. The van der Waals surface area contributed by atoms with Crippen LogP contribution in [0.25, 0.3) is 72.4 Å². The van der Waals surface area contributed by atoms with Crippen molar-refractivity contribution in [2.45, 2.75) is 0 Å². The maximum absolute atomic E-state index is 2.31. The Labute approximate surface area is 269 Å². The van der Waals surface area contributed by atoms with Crippen LogP contribution in [0, 0.1) is 0 Å². The Kier molecular flexibility index (Phi) is 7.12. The lowest BCUT2D eigenvalue weighted by atomic mass is 10.0. The van der Waals surface area contributed by atoms with E-state index in [1.54, 1.807) is 0 Å². The van der Waals surface area contributed by atoms with Crippen LogP contribution in [0.15, 0.2) is 131 Å². The lowest BCUT2D eigenvalue weighted by Gasteiger charge is -2.08. The van der Waals surface area contributed by atoms with Crippen molar-refractivity contribution in [1.82, 2.24) is 0 Å². The molecule has 6 aromatic heterocycles. The highest BCUT2D eigenvalue weighted by Gasteiger charge is 2.22. The molecule has 8 rings (SSSR count). The summed E-state index contributed by atoms with van der Waals surface area (Å²) in [5.74, 6) is 0. The zero-order valence-corrected chi connectivity index (χ0v) is 27.1. The van der Waals surface area contributed by atoms with Gasteiger partial charge in [-0.2, -0.15) is 0 Å². The maximum Gasteiger partial charge on any atom is 0.0529 e. The van der Waals surface area contributed by atoms with E-state index in [0.29, 0.717) is 0 Å². The van der Waals surface area contributed by atoms with Gasteiger partial charge in [0.15, 0.2) is 0 Å². The summed E-state index contributed by atoms with van der Waals surface area (Å²) in [4.78, 5) is 10.7. The van der Waals surface area contributed by atoms with Crippen molar-refractivity contribution in [2.75, 3.05) is 0 Å². The molecule has 0 bridgehead atoms. The average Bonchev–Trinajstić information content (AvgIpc) is 3.88. The summed E-state index contributed by atoms with van der Waals surface area (Å²) in [6, 6.07) is 39.7. The molecule has 0 unspecified atom stereocenters. The van der Waals surface area contributed by atoms with Gasteiger partial charge in [-0.25, -0.2) is 0 Å². The Bertz CT molecular complexity index is 1940. The summed E-state index contributed by atoms with van der Waals surface area (Å²) in [6.45, 7) is 0. The smallest absolute Gasteiger partial charge is 0.0529 e. The molecule has 0 aliphatic rings. The van der Waals surface area contributed by atoms with E-state index in [4.69, 9.17) is 0 Å². The van der Waals surface area contributed by atoms with Gasteiger partial charge in [0.25, 0.3) is 0 Å². The maximum atomic E-state index is 2.31. The Hall–Kier alpha value is -3.36.